The van der Waals surface area contributed by atoms with Crippen molar-refractivity contribution in [1.29, 1.82) is 0 Å². The molecule has 2 aromatic heterocycles. The summed E-state index contributed by atoms with van der Waals surface area (Å²) in [6, 6.07) is 13.8. The van der Waals surface area contributed by atoms with Gasteiger partial charge >= 0.3 is 0 Å². The van der Waals surface area contributed by atoms with E-state index in [1.807, 2.05) is 28.7 Å². The molecule has 9 heteroatoms. The van der Waals surface area contributed by atoms with Crippen LogP contribution in [0.25, 0.3) is 15.2 Å². The number of nitrogens with zero attached hydrogens (tertiary/aromatic N) is 3. The molecule has 7 nitrogen and oxygen atoms in total. The fourth-order valence-corrected chi connectivity index (χ4v) is 4.23. The van der Waals surface area contributed by atoms with Gasteiger partial charge in [-0.05, 0) is 29.8 Å². The molecule has 0 aliphatic heterocycles. The van der Waals surface area contributed by atoms with Gasteiger partial charge in [-0.25, -0.2) is 0 Å². The molecule has 0 atom stereocenters. The fourth-order valence-electron chi connectivity index (χ4n) is 2.47. The zero-order valence-electron chi connectivity index (χ0n) is 13.2. The summed E-state index contributed by atoms with van der Waals surface area (Å²) in [6.45, 7) is 0. The van der Waals surface area contributed by atoms with Crippen LogP contribution in [-0.2, 0) is 4.79 Å². The van der Waals surface area contributed by atoms with Gasteiger partial charge in [0.05, 0.1) is 21.9 Å². The van der Waals surface area contributed by atoms with Crippen LogP contribution < -0.4 is 10.4 Å². The van der Waals surface area contributed by atoms with E-state index in [2.05, 4.69) is 15.5 Å². The predicted octanol–water partition coefficient (Wildman–Crippen LogP) is 2.04. The number of carbonyl (C=O) groups excluding carboxylic acids is 2. The molecular formula is C17H11N4O3S2-. The second-order valence-corrected chi connectivity index (χ2v) is 7.32. The summed E-state index contributed by atoms with van der Waals surface area (Å²) in [5.74, 6) is -1.31. The molecule has 0 aliphatic rings. The standard InChI is InChI=1S/C17H12N4O3S2/c22-14(18-11-7-5-10(6-8-11)15(23)24)9-25-16-19-20-17-21(16)12-3-1-2-4-13(12)26-17/h1-8H,9H2,(H,18,22)(H,23,24)/p-1. The topological polar surface area (TPSA) is 99.4 Å². The highest BCUT2D eigenvalue weighted by molar-refractivity contribution is 7.99. The number of fused-ring (bicyclic) bond motifs is 3. The van der Waals surface area contributed by atoms with E-state index in [-0.39, 0.29) is 17.2 Å². The molecule has 2 heterocycles. The van der Waals surface area contributed by atoms with E-state index in [1.54, 1.807) is 11.3 Å². The first-order valence-electron chi connectivity index (χ1n) is 7.58. The number of carbonyl (C=O) groups is 2. The van der Waals surface area contributed by atoms with Crippen molar-refractivity contribution in [3.63, 3.8) is 0 Å². The number of para-hydroxylation sites is 1. The third-order valence-corrected chi connectivity index (χ3v) is 5.59. The first kappa shape index (κ1) is 16.6. The Hall–Kier alpha value is -2.91. The number of thioether (sulfide) groups is 1. The van der Waals surface area contributed by atoms with Crippen LogP contribution in [0.1, 0.15) is 10.4 Å². The minimum Gasteiger partial charge on any atom is -0.545 e. The van der Waals surface area contributed by atoms with Crippen LogP contribution in [0.5, 0.6) is 0 Å². The maximum atomic E-state index is 12.1. The minimum atomic E-state index is -1.25. The van der Waals surface area contributed by atoms with Crippen molar-refractivity contribution in [3.8, 4) is 0 Å². The molecule has 0 bridgehead atoms. The number of amides is 1. The minimum absolute atomic E-state index is 0.0626. The summed E-state index contributed by atoms with van der Waals surface area (Å²) in [5, 5.41) is 22.4. The number of anilines is 1. The number of carboxylic acid groups (broad SMARTS) is 1. The second kappa shape index (κ2) is 6.77. The normalized spacial score (nSPS) is 11.1. The van der Waals surface area contributed by atoms with Gasteiger partial charge in [-0.1, -0.05) is 47.4 Å². The molecule has 2 aromatic carbocycles. The Morgan fingerprint density at radius 1 is 1.12 bits per heavy atom. The number of nitrogens with one attached hydrogen (secondary N) is 1. The van der Waals surface area contributed by atoms with Crippen molar-refractivity contribution in [2.75, 3.05) is 11.1 Å². The lowest BCUT2D eigenvalue weighted by Crippen LogP contribution is -2.22. The molecule has 130 valence electrons. The monoisotopic (exact) mass is 383 g/mol. The number of thiazole rings is 1. The van der Waals surface area contributed by atoms with Crippen LogP contribution in [0.2, 0.25) is 0 Å². The molecule has 1 N–H and O–H groups in total. The van der Waals surface area contributed by atoms with Gasteiger partial charge in [-0.2, -0.15) is 0 Å². The number of aromatic carboxylic acids is 1. The molecule has 0 unspecified atom stereocenters. The van der Waals surface area contributed by atoms with Crippen molar-refractivity contribution in [2.24, 2.45) is 0 Å². The van der Waals surface area contributed by atoms with E-state index in [0.29, 0.717) is 10.8 Å². The molecule has 4 rings (SSSR count). The molecule has 1 amide bonds. The van der Waals surface area contributed by atoms with Gasteiger partial charge in [-0.3, -0.25) is 9.20 Å². The average Bonchev–Trinajstić information content (AvgIpc) is 3.19. The number of carboxylic acids is 1. The zero-order chi connectivity index (χ0) is 18.1. The van der Waals surface area contributed by atoms with Crippen LogP contribution in [0, 0.1) is 0 Å². The lowest BCUT2D eigenvalue weighted by atomic mass is 10.2. The van der Waals surface area contributed by atoms with E-state index in [9.17, 15) is 14.7 Å². The highest BCUT2D eigenvalue weighted by Gasteiger charge is 2.14. The molecular weight excluding hydrogens is 372 g/mol. The number of aromatic nitrogens is 3. The molecule has 0 aliphatic carbocycles. The SMILES string of the molecule is O=C(CSc1nnc2sc3ccccc3n12)Nc1ccc(C(=O)[O-])cc1. The van der Waals surface area contributed by atoms with Gasteiger partial charge in [0.15, 0.2) is 5.16 Å². The van der Waals surface area contributed by atoms with E-state index >= 15 is 0 Å². The molecule has 26 heavy (non-hydrogen) atoms. The summed E-state index contributed by atoms with van der Waals surface area (Å²) in [6.07, 6.45) is 0. The second-order valence-electron chi connectivity index (χ2n) is 5.37. The van der Waals surface area contributed by atoms with Gasteiger partial charge < -0.3 is 15.2 Å². The summed E-state index contributed by atoms with van der Waals surface area (Å²) in [5.41, 5.74) is 1.60. The van der Waals surface area contributed by atoms with Crippen molar-refractivity contribution in [1.82, 2.24) is 14.6 Å². The van der Waals surface area contributed by atoms with Crippen LogP contribution in [0.3, 0.4) is 0 Å². The Morgan fingerprint density at radius 3 is 2.65 bits per heavy atom. The smallest absolute Gasteiger partial charge is 0.234 e. The molecule has 0 saturated carbocycles. The number of hydrogen-bond donors (Lipinski definition) is 1. The van der Waals surface area contributed by atoms with E-state index in [4.69, 9.17) is 0 Å². The van der Waals surface area contributed by atoms with Gasteiger partial charge in [0.2, 0.25) is 10.9 Å². The van der Waals surface area contributed by atoms with Crippen LogP contribution in [-0.4, -0.2) is 32.2 Å². The molecule has 0 radical (unpaired) electrons. The highest BCUT2D eigenvalue weighted by atomic mass is 32.2. The van der Waals surface area contributed by atoms with Gasteiger partial charge in [-0.15, -0.1) is 10.2 Å². The first-order valence-corrected chi connectivity index (χ1v) is 9.39. The lowest BCUT2D eigenvalue weighted by Gasteiger charge is -2.06. The van der Waals surface area contributed by atoms with Gasteiger partial charge in [0, 0.05) is 5.69 Å². The van der Waals surface area contributed by atoms with Gasteiger partial charge in [0.25, 0.3) is 0 Å². The summed E-state index contributed by atoms with van der Waals surface area (Å²) in [7, 11) is 0. The summed E-state index contributed by atoms with van der Waals surface area (Å²) in [4.78, 5) is 23.7. The molecule has 4 aromatic rings. The maximum absolute atomic E-state index is 12.1. The first-order chi connectivity index (χ1) is 12.6. The third kappa shape index (κ3) is 3.14. The molecule has 0 saturated heterocycles. The van der Waals surface area contributed by atoms with E-state index in [0.717, 1.165) is 15.2 Å². The quantitative estimate of drug-likeness (QED) is 0.530. The van der Waals surface area contributed by atoms with Crippen molar-refractivity contribution in [3.05, 3.63) is 54.1 Å². The largest absolute Gasteiger partial charge is 0.545 e. The Morgan fingerprint density at radius 2 is 1.88 bits per heavy atom. The Labute approximate surface area is 155 Å². The van der Waals surface area contributed by atoms with Crippen LogP contribution in [0.15, 0.2) is 53.7 Å². The van der Waals surface area contributed by atoms with E-state index < -0.39 is 5.97 Å². The van der Waals surface area contributed by atoms with Crippen molar-refractivity contribution in [2.45, 2.75) is 5.16 Å². The van der Waals surface area contributed by atoms with Crippen molar-refractivity contribution < 1.29 is 14.7 Å². The van der Waals surface area contributed by atoms with Crippen LogP contribution >= 0.6 is 23.1 Å². The summed E-state index contributed by atoms with van der Waals surface area (Å²) < 4.78 is 3.05. The van der Waals surface area contributed by atoms with E-state index in [1.165, 1.54) is 36.0 Å². The number of benzene rings is 2. The predicted molar refractivity (Wildman–Crippen MR) is 98.5 cm³/mol. The Kier molecular flexibility index (Phi) is 4.31. The molecule has 0 fully saturated rings. The summed E-state index contributed by atoms with van der Waals surface area (Å²) >= 11 is 2.84. The zero-order valence-corrected chi connectivity index (χ0v) is 14.8. The van der Waals surface area contributed by atoms with Crippen molar-refractivity contribution >= 4 is 55.8 Å². The fraction of sp³-hybridized carbons (Fsp3) is 0.0588. The Bertz CT molecular complexity index is 1120. The average molecular weight is 383 g/mol. The molecule has 0 spiro atoms. The van der Waals surface area contributed by atoms with Gasteiger partial charge in [0.1, 0.15) is 0 Å². The highest BCUT2D eigenvalue weighted by Crippen LogP contribution is 2.29. The third-order valence-electron chi connectivity index (χ3n) is 3.65. The number of rotatable bonds is 5. The maximum Gasteiger partial charge on any atom is 0.234 e. The lowest BCUT2D eigenvalue weighted by molar-refractivity contribution is -0.255. The Balaban J connectivity index is 1.46. The van der Waals surface area contributed by atoms with Crippen LogP contribution in [0.4, 0.5) is 5.69 Å². The number of hydrogen-bond acceptors (Lipinski definition) is 7.